The van der Waals surface area contributed by atoms with Crippen LogP contribution in [0.2, 0.25) is 0 Å². The molecule has 0 bridgehead atoms. The van der Waals surface area contributed by atoms with E-state index >= 15 is 0 Å². The van der Waals surface area contributed by atoms with Gasteiger partial charge >= 0.3 is 0 Å². The van der Waals surface area contributed by atoms with Crippen LogP contribution >= 0.6 is 0 Å². The molecule has 0 heterocycles. The second kappa shape index (κ2) is 4.39. The third-order valence-corrected chi connectivity index (χ3v) is 1.65. The van der Waals surface area contributed by atoms with Gasteiger partial charge in [-0.1, -0.05) is 13.5 Å². The van der Waals surface area contributed by atoms with Gasteiger partial charge in [0.05, 0.1) is 27.4 Å². The van der Waals surface area contributed by atoms with Crippen LogP contribution in [0.25, 0.3) is 0 Å². The lowest BCUT2D eigenvalue weighted by molar-refractivity contribution is -0.918. The fourth-order valence-electron chi connectivity index (χ4n) is 0.996. The molecule has 2 nitrogen and oxygen atoms in total. The van der Waals surface area contributed by atoms with Gasteiger partial charge in [0, 0.05) is 6.42 Å². The molecule has 0 radical (unpaired) electrons. The number of nitrogens with zero attached hydrogens (tertiary/aromatic N) is 1. The van der Waals surface area contributed by atoms with Crippen molar-refractivity contribution in [2.45, 2.75) is 26.0 Å². The summed E-state index contributed by atoms with van der Waals surface area (Å²) in [7, 11) is 6.39. The lowest BCUT2D eigenvalue weighted by atomic mass is 10.2. The van der Waals surface area contributed by atoms with Crippen LogP contribution in [-0.4, -0.2) is 31.9 Å². The third-order valence-electron chi connectivity index (χ3n) is 1.65. The predicted molar refractivity (Wildman–Crippen MR) is 48.0 cm³/mol. The summed E-state index contributed by atoms with van der Waals surface area (Å²) >= 11 is 0. The Labute approximate surface area is 70.1 Å². The monoisotopic (exact) mass is 158 g/mol. The summed E-state index contributed by atoms with van der Waals surface area (Å²) in [4.78, 5) is 0. The molecule has 1 unspecified atom stereocenters. The maximum absolute atomic E-state index is 5.38. The number of quaternary nitrogens is 1. The van der Waals surface area contributed by atoms with Crippen LogP contribution in [0.4, 0.5) is 0 Å². The Bertz CT molecular complexity index is 115. The number of hydrogen-bond acceptors (Lipinski definition) is 1. The fourth-order valence-corrected chi connectivity index (χ4v) is 0.996. The standard InChI is InChI=1S/C9H20NO/c1-6-8-9(11-7-2)10(3,4)5/h7,9H,2,6,8H2,1,3-5H3/q+1. The van der Waals surface area contributed by atoms with Crippen LogP contribution < -0.4 is 0 Å². The van der Waals surface area contributed by atoms with E-state index in [4.69, 9.17) is 4.74 Å². The molecule has 11 heavy (non-hydrogen) atoms. The summed E-state index contributed by atoms with van der Waals surface area (Å²) in [6.07, 6.45) is 4.00. The highest BCUT2D eigenvalue weighted by atomic mass is 16.5. The van der Waals surface area contributed by atoms with Crippen molar-refractivity contribution in [2.75, 3.05) is 21.1 Å². The van der Waals surface area contributed by atoms with Crippen molar-refractivity contribution >= 4 is 0 Å². The van der Waals surface area contributed by atoms with Gasteiger partial charge in [0.25, 0.3) is 0 Å². The average molecular weight is 158 g/mol. The lowest BCUT2D eigenvalue weighted by Gasteiger charge is -2.32. The van der Waals surface area contributed by atoms with E-state index < -0.39 is 0 Å². The highest BCUT2D eigenvalue weighted by Gasteiger charge is 2.22. The van der Waals surface area contributed by atoms with Crippen molar-refractivity contribution in [3.05, 3.63) is 12.8 Å². The molecule has 0 amide bonds. The molecule has 66 valence electrons. The highest BCUT2D eigenvalue weighted by molar-refractivity contribution is 4.53. The summed E-state index contributed by atoms with van der Waals surface area (Å²) in [6.45, 7) is 5.73. The smallest absolute Gasteiger partial charge is 0.232 e. The van der Waals surface area contributed by atoms with Crippen LogP contribution in [0.5, 0.6) is 0 Å². The van der Waals surface area contributed by atoms with E-state index in [1.54, 1.807) is 0 Å². The molecule has 0 N–H and O–H groups in total. The molecule has 2 heteroatoms. The van der Waals surface area contributed by atoms with Crippen LogP contribution in [0.15, 0.2) is 12.8 Å². The van der Waals surface area contributed by atoms with Crippen molar-refractivity contribution in [1.82, 2.24) is 0 Å². The molecule has 0 aliphatic carbocycles. The number of hydrogen-bond donors (Lipinski definition) is 0. The van der Waals surface area contributed by atoms with Crippen molar-refractivity contribution in [2.24, 2.45) is 0 Å². The quantitative estimate of drug-likeness (QED) is 0.338. The molecule has 0 fully saturated rings. The second-order valence-corrected chi connectivity index (χ2v) is 3.66. The zero-order chi connectivity index (χ0) is 8.91. The molecule has 0 aromatic rings. The van der Waals surface area contributed by atoms with E-state index in [0.717, 1.165) is 17.3 Å². The van der Waals surface area contributed by atoms with E-state index in [2.05, 4.69) is 34.6 Å². The minimum absolute atomic E-state index is 0.248. The number of rotatable bonds is 5. The first-order valence-corrected chi connectivity index (χ1v) is 4.09. The van der Waals surface area contributed by atoms with E-state index in [1.165, 1.54) is 6.26 Å². The molecule has 0 saturated heterocycles. The molecule has 1 atom stereocenters. The zero-order valence-corrected chi connectivity index (χ0v) is 8.13. The SMILES string of the molecule is C=COC(CCC)[N+](C)(C)C. The lowest BCUT2D eigenvalue weighted by Crippen LogP contribution is -2.45. The molecule has 0 saturated carbocycles. The number of ether oxygens (including phenoxy) is 1. The van der Waals surface area contributed by atoms with Crippen LogP contribution in [0.1, 0.15) is 19.8 Å². The summed E-state index contributed by atoms with van der Waals surface area (Å²) in [5, 5.41) is 0. The summed E-state index contributed by atoms with van der Waals surface area (Å²) < 4.78 is 6.22. The Morgan fingerprint density at radius 3 is 2.27 bits per heavy atom. The minimum atomic E-state index is 0.248. The molecular formula is C9H20NO+. The first kappa shape index (κ1) is 10.5. The largest absolute Gasteiger partial charge is 0.451 e. The molecule has 0 rings (SSSR count). The summed E-state index contributed by atoms with van der Waals surface area (Å²) in [5.74, 6) is 0. The maximum atomic E-state index is 5.38. The summed E-state index contributed by atoms with van der Waals surface area (Å²) in [6, 6.07) is 0. The van der Waals surface area contributed by atoms with E-state index in [9.17, 15) is 0 Å². The van der Waals surface area contributed by atoms with E-state index in [-0.39, 0.29) is 6.23 Å². The molecular weight excluding hydrogens is 138 g/mol. The van der Waals surface area contributed by atoms with Gasteiger partial charge in [0.1, 0.15) is 0 Å². The first-order valence-electron chi connectivity index (χ1n) is 4.09. The minimum Gasteiger partial charge on any atom is -0.451 e. The first-order chi connectivity index (χ1) is 5.02. The Hall–Kier alpha value is -0.500. The van der Waals surface area contributed by atoms with Crippen LogP contribution in [-0.2, 0) is 4.74 Å². The van der Waals surface area contributed by atoms with Gasteiger partial charge in [-0.2, -0.15) is 0 Å². The highest BCUT2D eigenvalue weighted by Crippen LogP contribution is 2.11. The van der Waals surface area contributed by atoms with Gasteiger partial charge in [-0.3, -0.25) is 4.48 Å². The maximum Gasteiger partial charge on any atom is 0.232 e. The van der Waals surface area contributed by atoms with Gasteiger partial charge in [0.15, 0.2) is 0 Å². The Morgan fingerprint density at radius 2 is 2.00 bits per heavy atom. The normalized spacial score (nSPS) is 14.2. The Kier molecular flexibility index (Phi) is 4.19. The van der Waals surface area contributed by atoms with Gasteiger partial charge in [0.2, 0.25) is 6.23 Å². The average Bonchev–Trinajstić information content (AvgIpc) is 1.85. The predicted octanol–water partition coefficient (Wildman–Crippen LogP) is 1.98. The van der Waals surface area contributed by atoms with Crippen molar-refractivity contribution in [3.63, 3.8) is 0 Å². The molecule has 0 spiro atoms. The topological polar surface area (TPSA) is 9.23 Å². The Morgan fingerprint density at radius 1 is 1.45 bits per heavy atom. The van der Waals surface area contributed by atoms with E-state index in [1.807, 2.05) is 0 Å². The van der Waals surface area contributed by atoms with Crippen molar-refractivity contribution < 1.29 is 9.22 Å². The van der Waals surface area contributed by atoms with Crippen molar-refractivity contribution in [1.29, 1.82) is 0 Å². The second-order valence-electron chi connectivity index (χ2n) is 3.66. The molecule has 0 aromatic heterocycles. The summed E-state index contributed by atoms with van der Waals surface area (Å²) in [5.41, 5.74) is 0. The molecule has 0 aromatic carbocycles. The van der Waals surface area contributed by atoms with Crippen molar-refractivity contribution in [3.8, 4) is 0 Å². The van der Waals surface area contributed by atoms with Crippen LogP contribution in [0.3, 0.4) is 0 Å². The third kappa shape index (κ3) is 4.04. The van der Waals surface area contributed by atoms with Gasteiger partial charge < -0.3 is 4.74 Å². The molecule has 0 aliphatic heterocycles. The fraction of sp³-hybridized carbons (Fsp3) is 0.778. The Balaban J connectivity index is 3.97. The van der Waals surface area contributed by atoms with Gasteiger partial charge in [-0.25, -0.2) is 0 Å². The van der Waals surface area contributed by atoms with Gasteiger partial charge in [-0.05, 0) is 6.42 Å². The van der Waals surface area contributed by atoms with Crippen LogP contribution in [0, 0.1) is 0 Å². The van der Waals surface area contributed by atoms with Gasteiger partial charge in [-0.15, -0.1) is 0 Å². The zero-order valence-electron chi connectivity index (χ0n) is 8.13. The van der Waals surface area contributed by atoms with E-state index in [0.29, 0.717) is 0 Å². The molecule has 0 aliphatic rings.